The Hall–Kier alpha value is -3.72. The Morgan fingerprint density at radius 2 is 1.94 bits per heavy atom. The second-order valence-electron chi connectivity index (χ2n) is 7.66. The third kappa shape index (κ3) is 4.33. The molecule has 1 aliphatic rings. The lowest BCUT2D eigenvalue weighted by Crippen LogP contribution is -2.45. The Morgan fingerprint density at radius 3 is 2.75 bits per heavy atom. The Balaban J connectivity index is 1.48. The lowest BCUT2D eigenvalue weighted by molar-refractivity contribution is -0.126. The molecule has 1 aliphatic heterocycles. The van der Waals surface area contributed by atoms with Gasteiger partial charge in [0.1, 0.15) is 11.9 Å². The molecular formula is C23H25N5O4. The molecule has 1 aromatic heterocycles. The molecule has 4 rings (SSSR count). The number of anilines is 1. The van der Waals surface area contributed by atoms with E-state index in [-0.39, 0.29) is 12.3 Å². The van der Waals surface area contributed by atoms with Gasteiger partial charge in [0.2, 0.25) is 11.8 Å². The largest absolute Gasteiger partial charge is 0.383 e. The minimum Gasteiger partial charge on any atom is -0.383 e. The number of carbonyl (C=O) groups is 3. The molecule has 3 aromatic rings. The summed E-state index contributed by atoms with van der Waals surface area (Å²) in [5.41, 5.74) is 2.57. The first-order valence-corrected chi connectivity index (χ1v) is 10.4. The topological polar surface area (TPSA) is 114 Å². The van der Waals surface area contributed by atoms with E-state index in [1.165, 1.54) is 0 Å². The van der Waals surface area contributed by atoms with Crippen LogP contribution in [0.5, 0.6) is 0 Å². The molecule has 0 aliphatic carbocycles. The van der Waals surface area contributed by atoms with Crippen LogP contribution < -0.4 is 16.0 Å². The van der Waals surface area contributed by atoms with Gasteiger partial charge >= 0.3 is 0 Å². The first kappa shape index (κ1) is 21.5. The zero-order valence-electron chi connectivity index (χ0n) is 17.9. The molecule has 166 valence electrons. The summed E-state index contributed by atoms with van der Waals surface area (Å²) in [6.07, 6.45) is -0.186. The van der Waals surface area contributed by atoms with Gasteiger partial charge < -0.3 is 25.3 Å². The quantitative estimate of drug-likeness (QED) is 0.525. The Labute approximate surface area is 185 Å². The van der Waals surface area contributed by atoms with Crippen LogP contribution in [0.15, 0.2) is 48.5 Å². The smallest absolute Gasteiger partial charge is 0.254 e. The number of nitrogens with zero attached hydrogens (tertiary/aromatic N) is 2. The van der Waals surface area contributed by atoms with Crippen LogP contribution in [0.3, 0.4) is 0 Å². The molecule has 2 aromatic carbocycles. The van der Waals surface area contributed by atoms with E-state index in [0.717, 1.165) is 11.0 Å². The fourth-order valence-corrected chi connectivity index (χ4v) is 3.85. The van der Waals surface area contributed by atoms with Crippen LogP contribution in [0.4, 0.5) is 5.69 Å². The van der Waals surface area contributed by atoms with Gasteiger partial charge in [-0.2, -0.15) is 0 Å². The van der Waals surface area contributed by atoms with Gasteiger partial charge in [-0.25, -0.2) is 4.98 Å². The van der Waals surface area contributed by atoms with Crippen LogP contribution in [-0.2, 0) is 20.9 Å². The highest BCUT2D eigenvalue weighted by molar-refractivity contribution is 6.10. The zero-order chi connectivity index (χ0) is 22.7. The third-order valence-electron chi connectivity index (χ3n) is 5.41. The average molecular weight is 435 g/mol. The predicted molar refractivity (Wildman–Crippen MR) is 119 cm³/mol. The lowest BCUT2D eigenvalue weighted by atomic mass is 10.1. The van der Waals surface area contributed by atoms with Gasteiger partial charge in [-0.15, -0.1) is 0 Å². The number of imidazole rings is 1. The van der Waals surface area contributed by atoms with E-state index in [9.17, 15) is 14.4 Å². The molecule has 0 bridgehead atoms. The number of nitrogens with one attached hydrogen (secondary N) is 3. The summed E-state index contributed by atoms with van der Waals surface area (Å²) in [4.78, 5) is 42.5. The maximum atomic E-state index is 12.8. The van der Waals surface area contributed by atoms with Crippen molar-refractivity contribution < 1.29 is 19.1 Å². The molecule has 2 heterocycles. The lowest BCUT2D eigenvalue weighted by Gasteiger charge is -2.18. The molecule has 3 N–H and O–H groups in total. The molecule has 0 radical (unpaired) electrons. The SMILES string of the molecule is COCCn1c([C@H](C)NC(=O)CC2NC(=O)c3ccccc3NC2=O)nc2ccccc21. The number of ether oxygens (including phenoxy) is 1. The average Bonchev–Trinajstić information content (AvgIpc) is 3.10. The molecule has 1 unspecified atom stereocenters. The molecule has 0 saturated heterocycles. The van der Waals surface area contributed by atoms with Crippen LogP contribution in [0, 0.1) is 0 Å². The first-order valence-electron chi connectivity index (χ1n) is 10.4. The number of methoxy groups -OCH3 is 1. The van der Waals surface area contributed by atoms with E-state index >= 15 is 0 Å². The van der Waals surface area contributed by atoms with Crippen molar-refractivity contribution in [2.24, 2.45) is 0 Å². The fourth-order valence-electron chi connectivity index (χ4n) is 3.85. The molecular weight excluding hydrogens is 410 g/mol. The van der Waals surface area contributed by atoms with Crippen molar-refractivity contribution in [1.29, 1.82) is 0 Å². The van der Waals surface area contributed by atoms with E-state index in [2.05, 4.69) is 20.9 Å². The second-order valence-corrected chi connectivity index (χ2v) is 7.66. The number of amides is 3. The standard InChI is InChI=1S/C23H25N5O4/c1-14(21-25-17-9-5-6-10-19(17)28(21)11-12-32-2)24-20(29)13-18-23(31)26-16-8-4-3-7-15(16)22(30)27-18/h3-10,14,18H,11-13H2,1-2H3,(H,24,29)(H,26,31)(H,27,30)/t14-,18?/m0/s1. The minimum atomic E-state index is -0.977. The van der Waals surface area contributed by atoms with Crippen LogP contribution >= 0.6 is 0 Å². The Bertz CT molecular complexity index is 1170. The van der Waals surface area contributed by atoms with Crippen molar-refractivity contribution in [3.63, 3.8) is 0 Å². The highest BCUT2D eigenvalue weighted by Gasteiger charge is 2.30. The van der Waals surface area contributed by atoms with Crippen LogP contribution in [0.2, 0.25) is 0 Å². The number of benzene rings is 2. The summed E-state index contributed by atoms with van der Waals surface area (Å²) < 4.78 is 7.23. The molecule has 32 heavy (non-hydrogen) atoms. The molecule has 9 nitrogen and oxygen atoms in total. The minimum absolute atomic E-state index is 0.186. The van der Waals surface area contributed by atoms with Gasteiger partial charge in [0.15, 0.2) is 0 Å². The summed E-state index contributed by atoms with van der Waals surface area (Å²) in [5.74, 6) is -0.503. The molecule has 0 fully saturated rings. The van der Waals surface area contributed by atoms with Gasteiger partial charge in [0.05, 0.1) is 41.4 Å². The molecule has 0 saturated carbocycles. The number of rotatable bonds is 7. The normalized spacial score (nSPS) is 16.6. The number of hydrogen-bond donors (Lipinski definition) is 3. The van der Waals surface area contributed by atoms with Gasteiger partial charge in [-0.1, -0.05) is 24.3 Å². The number of hydrogen-bond acceptors (Lipinski definition) is 5. The van der Waals surface area contributed by atoms with Crippen molar-refractivity contribution in [3.05, 3.63) is 59.9 Å². The summed E-state index contributed by atoms with van der Waals surface area (Å²) in [6, 6.07) is 13.1. The summed E-state index contributed by atoms with van der Waals surface area (Å²) in [7, 11) is 1.63. The van der Waals surface area contributed by atoms with E-state index < -0.39 is 23.9 Å². The monoisotopic (exact) mass is 435 g/mol. The highest BCUT2D eigenvalue weighted by atomic mass is 16.5. The highest BCUT2D eigenvalue weighted by Crippen LogP contribution is 2.22. The van der Waals surface area contributed by atoms with Crippen molar-refractivity contribution in [2.45, 2.75) is 32.0 Å². The van der Waals surface area contributed by atoms with Gasteiger partial charge in [0, 0.05) is 13.7 Å². The summed E-state index contributed by atoms with van der Waals surface area (Å²) in [5, 5.41) is 8.25. The summed E-state index contributed by atoms with van der Waals surface area (Å²) >= 11 is 0. The number of para-hydroxylation sites is 3. The fraction of sp³-hybridized carbons (Fsp3) is 0.304. The first-order chi connectivity index (χ1) is 15.5. The van der Waals surface area contributed by atoms with Crippen molar-refractivity contribution in [1.82, 2.24) is 20.2 Å². The number of aromatic nitrogens is 2. The molecule has 0 spiro atoms. The van der Waals surface area contributed by atoms with E-state index in [4.69, 9.17) is 4.74 Å². The van der Waals surface area contributed by atoms with E-state index in [0.29, 0.717) is 30.2 Å². The Morgan fingerprint density at radius 1 is 1.19 bits per heavy atom. The molecule has 2 atom stereocenters. The third-order valence-corrected chi connectivity index (χ3v) is 5.41. The van der Waals surface area contributed by atoms with Gasteiger partial charge in [-0.05, 0) is 31.2 Å². The Kier molecular flexibility index (Phi) is 6.18. The maximum absolute atomic E-state index is 12.8. The van der Waals surface area contributed by atoms with Crippen LogP contribution in [0.1, 0.15) is 35.6 Å². The maximum Gasteiger partial charge on any atom is 0.254 e. The van der Waals surface area contributed by atoms with Gasteiger partial charge in [-0.3, -0.25) is 14.4 Å². The van der Waals surface area contributed by atoms with E-state index in [1.807, 2.05) is 35.8 Å². The zero-order valence-corrected chi connectivity index (χ0v) is 17.9. The van der Waals surface area contributed by atoms with Crippen LogP contribution in [0.25, 0.3) is 11.0 Å². The van der Waals surface area contributed by atoms with Gasteiger partial charge in [0.25, 0.3) is 5.91 Å². The van der Waals surface area contributed by atoms with Crippen molar-refractivity contribution >= 4 is 34.4 Å². The number of fused-ring (bicyclic) bond motifs is 2. The van der Waals surface area contributed by atoms with Crippen LogP contribution in [-0.4, -0.2) is 47.0 Å². The molecule has 3 amide bonds. The summed E-state index contributed by atoms with van der Waals surface area (Å²) in [6.45, 7) is 2.93. The van der Waals surface area contributed by atoms with E-state index in [1.54, 1.807) is 31.4 Å². The predicted octanol–water partition coefficient (Wildman–Crippen LogP) is 2.00. The van der Waals surface area contributed by atoms with Crippen molar-refractivity contribution in [3.8, 4) is 0 Å². The second kappa shape index (κ2) is 9.19. The van der Waals surface area contributed by atoms with Crippen molar-refractivity contribution in [2.75, 3.05) is 19.0 Å². The number of carbonyl (C=O) groups excluding carboxylic acids is 3. The molecule has 9 heteroatoms.